The predicted octanol–water partition coefficient (Wildman–Crippen LogP) is 2.80. The summed E-state index contributed by atoms with van der Waals surface area (Å²) in [5.74, 6) is 2.60. The Hall–Kier alpha value is -1.39. The number of halogens is 1. The van der Waals surface area contributed by atoms with Crippen LogP contribution < -0.4 is 0 Å². The van der Waals surface area contributed by atoms with Crippen LogP contribution in [0.25, 0.3) is 10.9 Å². The number of H-pyrrole nitrogens is 1. The number of nitrogens with one attached hydrogen (secondary N) is 1. The molecular weight excluding hydrogens is 170 g/mol. The zero-order valence-electron chi connectivity index (χ0n) is 6.26. The first kappa shape index (κ1) is 7.27. The van der Waals surface area contributed by atoms with Crippen molar-refractivity contribution in [3.63, 3.8) is 0 Å². The molecule has 1 aromatic carbocycles. The molecule has 1 N–H and O–H groups in total. The topological polar surface area (TPSA) is 15.8 Å². The van der Waals surface area contributed by atoms with E-state index in [0.29, 0.717) is 5.02 Å². The average Bonchev–Trinajstić information content (AvgIpc) is 2.46. The van der Waals surface area contributed by atoms with E-state index in [0.717, 1.165) is 16.5 Å². The largest absolute Gasteiger partial charge is 0.360 e. The molecule has 0 aliphatic carbocycles. The van der Waals surface area contributed by atoms with Crippen molar-refractivity contribution in [1.29, 1.82) is 0 Å². The van der Waals surface area contributed by atoms with Gasteiger partial charge in [0.1, 0.15) is 0 Å². The second-order valence-electron chi connectivity index (χ2n) is 2.54. The molecule has 2 aromatic rings. The van der Waals surface area contributed by atoms with E-state index < -0.39 is 0 Å². The van der Waals surface area contributed by atoms with Gasteiger partial charge in [-0.15, -0.1) is 6.42 Å². The van der Waals surface area contributed by atoms with Gasteiger partial charge in [-0.2, -0.15) is 0 Å². The minimum atomic E-state index is 0.716. The van der Waals surface area contributed by atoms with Gasteiger partial charge in [-0.3, -0.25) is 0 Å². The van der Waals surface area contributed by atoms with E-state index in [2.05, 4.69) is 10.9 Å². The van der Waals surface area contributed by atoms with Crippen LogP contribution in [0.15, 0.2) is 24.4 Å². The maximum absolute atomic E-state index is 5.80. The highest BCUT2D eigenvalue weighted by molar-refractivity contribution is 6.31. The Morgan fingerprint density at radius 1 is 1.42 bits per heavy atom. The Labute approximate surface area is 75.4 Å². The number of terminal acetylenes is 1. The summed E-state index contributed by atoms with van der Waals surface area (Å²) in [6.07, 6.45) is 7.10. The Bertz CT molecular complexity index is 462. The van der Waals surface area contributed by atoms with E-state index >= 15 is 0 Å². The van der Waals surface area contributed by atoms with Crippen molar-refractivity contribution in [2.45, 2.75) is 0 Å². The standard InChI is InChI=1S/C10H6ClN/c1-2-7-6-12-10-5-8(11)3-4-9(7)10/h1,3-6,12H. The molecule has 2 rings (SSSR count). The van der Waals surface area contributed by atoms with Crippen LogP contribution in [0.1, 0.15) is 5.56 Å². The minimum Gasteiger partial charge on any atom is -0.360 e. The third-order valence-electron chi connectivity index (χ3n) is 1.80. The first-order chi connectivity index (χ1) is 5.81. The Morgan fingerprint density at radius 3 is 3.00 bits per heavy atom. The molecule has 0 unspecified atom stereocenters. The van der Waals surface area contributed by atoms with Gasteiger partial charge in [0.2, 0.25) is 0 Å². The third-order valence-corrected chi connectivity index (χ3v) is 2.03. The molecule has 1 nitrogen and oxygen atoms in total. The molecule has 58 valence electrons. The molecule has 0 bridgehead atoms. The first-order valence-corrected chi connectivity index (χ1v) is 3.92. The van der Waals surface area contributed by atoms with Crippen LogP contribution in [0.3, 0.4) is 0 Å². The zero-order valence-corrected chi connectivity index (χ0v) is 7.02. The van der Waals surface area contributed by atoms with Gasteiger partial charge in [0.25, 0.3) is 0 Å². The van der Waals surface area contributed by atoms with Crippen molar-refractivity contribution in [3.05, 3.63) is 35.0 Å². The summed E-state index contributed by atoms with van der Waals surface area (Å²) in [5, 5.41) is 1.76. The van der Waals surface area contributed by atoms with Crippen LogP contribution in [0, 0.1) is 12.3 Å². The van der Waals surface area contributed by atoms with E-state index in [1.807, 2.05) is 18.2 Å². The van der Waals surface area contributed by atoms with Crippen molar-refractivity contribution in [3.8, 4) is 12.3 Å². The number of aromatic amines is 1. The fourth-order valence-electron chi connectivity index (χ4n) is 1.22. The molecule has 0 amide bonds. The average molecular weight is 176 g/mol. The van der Waals surface area contributed by atoms with Gasteiger partial charge in [0, 0.05) is 27.7 Å². The molecule has 0 fully saturated rings. The smallest absolute Gasteiger partial charge is 0.0496 e. The van der Waals surface area contributed by atoms with Gasteiger partial charge >= 0.3 is 0 Å². The van der Waals surface area contributed by atoms with E-state index in [-0.39, 0.29) is 0 Å². The van der Waals surface area contributed by atoms with Gasteiger partial charge < -0.3 is 4.98 Å². The molecule has 1 heterocycles. The summed E-state index contributed by atoms with van der Waals surface area (Å²) in [4.78, 5) is 3.05. The second kappa shape index (κ2) is 2.58. The molecule has 0 saturated carbocycles. The maximum Gasteiger partial charge on any atom is 0.0496 e. The maximum atomic E-state index is 5.80. The van der Waals surface area contributed by atoms with Gasteiger partial charge in [-0.1, -0.05) is 23.6 Å². The first-order valence-electron chi connectivity index (χ1n) is 3.54. The van der Waals surface area contributed by atoms with Crippen LogP contribution >= 0.6 is 11.6 Å². The van der Waals surface area contributed by atoms with Crippen LogP contribution in [0.5, 0.6) is 0 Å². The summed E-state index contributed by atoms with van der Waals surface area (Å²) in [7, 11) is 0. The van der Waals surface area contributed by atoms with Crippen LogP contribution in [-0.4, -0.2) is 4.98 Å². The van der Waals surface area contributed by atoms with Crippen molar-refractivity contribution >= 4 is 22.5 Å². The van der Waals surface area contributed by atoms with Crippen molar-refractivity contribution in [2.75, 3.05) is 0 Å². The van der Waals surface area contributed by atoms with Crippen LogP contribution in [0.4, 0.5) is 0 Å². The van der Waals surface area contributed by atoms with Crippen LogP contribution in [0.2, 0.25) is 5.02 Å². The molecule has 0 spiro atoms. The van der Waals surface area contributed by atoms with E-state index in [1.54, 1.807) is 6.20 Å². The van der Waals surface area contributed by atoms with Gasteiger partial charge in [0.15, 0.2) is 0 Å². The van der Waals surface area contributed by atoms with E-state index in [9.17, 15) is 0 Å². The highest BCUT2D eigenvalue weighted by Gasteiger charge is 2.00. The molecule has 0 saturated heterocycles. The number of hydrogen-bond donors (Lipinski definition) is 1. The Kier molecular flexibility index (Phi) is 1.56. The lowest BCUT2D eigenvalue weighted by Gasteiger charge is -1.90. The van der Waals surface area contributed by atoms with Crippen molar-refractivity contribution in [2.24, 2.45) is 0 Å². The normalized spacial score (nSPS) is 10.0. The van der Waals surface area contributed by atoms with Crippen molar-refractivity contribution in [1.82, 2.24) is 4.98 Å². The number of aromatic nitrogens is 1. The van der Waals surface area contributed by atoms with E-state index in [1.165, 1.54) is 0 Å². The zero-order chi connectivity index (χ0) is 8.55. The summed E-state index contributed by atoms with van der Waals surface area (Å²) in [6, 6.07) is 5.61. The molecule has 0 aliphatic rings. The van der Waals surface area contributed by atoms with Gasteiger partial charge in [-0.05, 0) is 12.1 Å². The van der Waals surface area contributed by atoms with E-state index in [4.69, 9.17) is 18.0 Å². The molecule has 12 heavy (non-hydrogen) atoms. The van der Waals surface area contributed by atoms with Crippen molar-refractivity contribution < 1.29 is 0 Å². The molecule has 0 radical (unpaired) electrons. The number of rotatable bonds is 0. The molecule has 2 heteroatoms. The Morgan fingerprint density at radius 2 is 2.25 bits per heavy atom. The molecule has 1 aromatic heterocycles. The van der Waals surface area contributed by atoms with Gasteiger partial charge in [0.05, 0.1) is 0 Å². The lowest BCUT2D eigenvalue weighted by atomic mass is 10.2. The highest BCUT2D eigenvalue weighted by atomic mass is 35.5. The number of benzene rings is 1. The third kappa shape index (κ3) is 0.975. The number of hydrogen-bond acceptors (Lipinski definition) is 0. The quantitative estimate of drug-likeness (QED) is 0.593. The summed E-state index contributed by atoms with van der Waals surface area (Å²) >= 11 is 5.80. The fourth-order valence-corrected chi connectivity index (χ4v) is 1.39. The lowest BCUT2D eigenvalue weighted by Crippen LogP contribution is -1.69. The summed E-state index contributed by atoms with van der Waals surface area (Å²) in [6.45, 7) is 0. The fraction of sp³-hybridized carbons (Fsp3) is 0. The lowest BCUT2D eigenvalue weighted by molar-refractivity contribution is 1.47. The second-order valence-corrected chi connectivity index (χ2v) is 2.97. The molecule has 0 atom stereocenters. The highest BCUT2D eigenvalue weighted by Crippen LogP contribution is 2.20. The SMILES string of the molecule is C#Cc1c[nH]c2cc(Cl)ccc12. The summed E-state index contributed by atoms with van der Waals surface area (Å²) in [5.41, 5.74) is 1.86. The predicted molar refractivity (Wildman–Crippen MR) is 51.2 cm³/mol. The molecular formula is C10H6ClN. The summed E-state index contributed by atoms with van der Waals surface area (Å²) < 4.78 is 0. The minimum absolute atomic E-state index is 0.716. The van der Waals surface area contributed by atoms with Crippen LogP contribution in [-0.2, 0) is 0 Å². The number of fused-ring (bicyclic) bond motifs is 1. The molecule has 0 aliphatic heterocycles. The van der Waals surface area contributed by atoms with Gasteiger partial charge in [-0.25, -0.2) is 0 Å². The Balaban J connectivity index is 2.84. The monoisotopic (exact) mass is 175 g/mol.